The molecule has 0 aliphatic carbocycles. The summed E-state index contributed by atoms with van der Waals surface area (Å²) in [7, 11) is -3.27. The lowest BCUT2D eigenvalue weighted by Gasteiger charge is -2.26. The third-order valence-corrected chi connectivity index (χ3v) is 8.37. The second kappa shape index (κ2) is 8.99. The number of amides is 1. The third kappa shape index (κ3) is 4.82. The first-order chi connectivity index (χ1) is 14.4. The molecule has 0 atom stereocenters. The second-order valence-corrected chi connectivity index (χ2v) is 11.0. The summed E-state index contributed by atoms with van der Waals surface area (Å²) in [4.78, 5) is 15.3. The summed E-state index contributed by atoms with van der Waals surface area (Å²) >= 11 is 1.99. The standard InChI is InChI=1S/C22H27N3O3S2/c1-17-6-7-18(16-24-9-11-29-12-10-24)14-21(17)23-22(26)19-4-2-5-20(15-19)25-8-3-13-30(25,27)28/h2,4-7,14-15H,3,8-13,16H2,1H3,(H,23,26). The number of rotatable bonds is 5. The summed E-state index contributed by atoms with van der Waals surface area (Å²) in [5.74, 6) is 2.26. The Balaban J connectivity index is 1.50. The fraction of sp³-hybridized carbons (Fsp3) is 0.409. The van der Waals surface area contributed by atoms with E-state index in [4.69, 9.17) is 0 Å². The van der Waals surface area contributed by atoms with E-state index in [-0.39, 0.29) is 11.7 Å². The molecule has 1 amide bonds. The number of hydrogen-bond donors (Lipinski definition) is 1. The van der Waals surface area contributed by atoms with Crippen LogP contribution in [0.4, 0.5) is 11.4 Å². The van der Waals surface area contributed by atoms with Gasteiger partial charge in [-0.3, -0.25) is 14.0 Å². The molecule has 2 aromatic rings. The first-order valence-electron chi connectivity index (χ1n) is 10.2. The zero-order valence-electron chi connectivity index (χ0n) is 17.1. The van der Waals surface area contributed by atoms with Gasteiger partial charge in [-0.2, -0.15) is 11.8 Å². The molecule has 0 spiro atoms. The molecule has 0 bridgehead atoms. The minimum Gasteiger partial charge on any atom is -0.322 e. The number of benzene rings is 2. The summed E-state index contributed by atoms with van der Waals surface area (Å²) in [5, 5.41) is 3.01. The van der Waals surface area contributed by atoms with E-state index in [1.54, 1.807) is 24.3 Å². The van der Waals surface area contributed by atoms with Crippen LogP contribution in [0.3, 0.4) is 0 Å². The number of anilines is 2. The van der Waals surface area contributed by atoms with Crippen LogP contribution in [0.15, 0.2) is 42.5 Å². The minimum absolute atomic E-state index is 0.158. The van der Waals surface area contributed by atoms with Crippen LogP contribution in [0.1, 0.15) is 27.9 Å². The van der Waals surface area contributed by atoms with E-state index < -0.39 is 10.0 Å². The van der Waals surface area contributed by atoms with E-state index in [0.29, 0.717) is 24.2 Å². The van der Waals surface area contributed by atoms with Crippen molar-refractivity contribution in [3.63, 3.8) is 0 Å². The fourth-order valence-electron chi connectivity index (χ4n) is 3.85. The molecular weight excluding hydrogens is 418 g/mol. The number of carbonyl (C=O) groups excluding carboxylic acids is 1. The molecular formula is C22H27N3O3S2. The van der Waals surface area contributed by atoms with Crippen LogP contribution in [-0.4, -0.2) is 56.1 Å². The average Bonchev–Trinajstić information content (AvgIpc) is 3.10. The van der Waals surface area contributed by atoms with Crippen molar-refractivity contribution in [3.8, 4) is 0 Å². The quantitative estimate of drug-likeness (QED) is 0.765. The van der Waals surface area contributed by atoms with Crippen molar-refractivity contribution in [1.29, 1.82) is 0 Å². The molecule has 0 radical (unpaired) electrons. The normalized spacial score (nSPS) is 19.0. The van der Waals surface area contributed by atoms with Crippen molar-refractivity contribution in [3.05, 3.63) is 59.2 Å². The van der Waals surface area contributed by atoms with Crippen LogP contribution in [0, 0.1) is 6.92 Å². The first-order valence-corrected chi connectivity index (χ1v) is 13.0. The van der Waals surface area contributed by atoms with Crippen LogP contribution < -0.4 is 9.62 Å². The lowest BCUT2D eigenvalue weighted by atomic mass is 10.1. The largest absolute Gasteiger partial charge is 0.322 e. The first kappa shape index (κ1) is 21.2. The summed E-state index contributed by atoms with van der Waals surface area (Å²) < 4.78 is 25.8. The maximum Gasteiger partial charge on any atom is 0.255 e. The molecule has 4 rings (SSSR count). The molecule has 0 aromatic heterocycles. The van der Waals surface area contributed by atoms with Crippen LogP contribution in [0.25, 0.3) is 0 Å². The molecule has 2 heterocycles. The average molecular weight is 446 g/mol. The Morgan fingerprint density at radius 3 is 2.63 bits per heavy atom. The lowest BCUT2D eigenvalue weighted by Crippen LogP contribution is -2.32. The van der Waals surface area contributed by atoms with Crippen molar-refractivity contribution < 1.29 is 13.2 Å². The molecule has 8 heteroatoms. The van der Waals surface area contributed by atoms with E-state index in [2.05, 4.69) is 16.3 Å². The van der Waals surface area contributed by atoms with Crippen LogP contribution in [-0.2, 0) is 16.6 Å². The Hall–Kier alpha value is -2.03. The molecule has 2 aromatic carbocycles. The van der Waals surface area contributed by atoms with Crippen molar-refractivity contribution in [2.45, 2.75) is 19.9 Å². The molecule has 2 fully saturated rings. The van der Waals surface area contributed by atoms with Crippen molar-refractivity contribution >= 4 is 39.1 Å². The van der Waals surface area contributed by atoms with E-state index in [1.165, 1.54) is 21.4 Å². The predicted molar refractivity (Wildman–Crippen MR) is 124 cm³/mol. The molecule has 160 valence electrons. The van der Waals surface area contributed by atoms with E-state index in [1.807, 2.05) is 30.8 Å². The van der Waals surface area contributed by atoms with Gasteiger partial charge in [0.15, 0.2) is 0 Å². The second-order valence-electron chi connectivity index (χ2n) is 7.78. The van der Waals surface area contributed by atoms with Gasteiger partial charge in [0.05, 0.1) is 11.4 Å². The smallest absolute Gasteiger partial charge is 0.255 e. The summed E-state index contributed by atoms with van der Waals surface area (Å²) in [6.45, 7) is 5.50. The van der Waals surface area contributed by atoms with Gasteiger partial charge >= 0.3 is 0 Å². The van der Waals surface area contributed by atoms with E-state index in [0.717, 1.165) is 30.9 Å². The number of nitrogens with zero attached hydrogens (tertiary/aromatic N) is 2. The predicted octanol–water partition coefficient (Wildman–Crippen LogP) is 3.34. The summed E-state index contributed by atoms with van der Waals surface area (Å²) in [5.41, 5.74) is 3.98. The van der Waals surface area contributed by atoms with Crippen molar-refractivity contribution in [2.75, 3.05) is 46.5 Å². The number of thioether (sulfide) groups is 1. The van der Waals surface area contributed by atoms with Gasteiger partial charge in [0, 0.05) is 48.9 Å². The number of aryl methyl sites for hydroxylation is 1. The Labute approximate surface area is 182 Å². The SMILES string of the molecule is Cc1ccc(CN2CCSCC2)cc1NC(=O)c1cccc(N2CCCS2(=O)=O)c1. The van der Waals surface area contributed by atoms with Gasteiger partial charge in [-0.15, -0.1) is 0 Å². The molecule has 0 saturated carbocycles. The highest BCUT2D eigenvalue weighted by atomic mass is 32.2. The fourth-order valence-corrected chi connectivity index (χ4v) is 6.38. The molecule has 2 aliphatic heterocycles. The highest BCUT2D eigenvalue weighted by Crippen LogP contribution is 2.26. The monoisotopic (exact) mass is 445 g/mol. The van der Waals surface area contributed by atoms with Gasteiger partial charge in [0.2, 0.25) is 10.0 Å². The van der Waals surface area contributed by atoms with Crippen LogP contribution >= 0.6 is 11.8 Å². The van der Waals surface area contributed by atoms with Gasteiger partial charge in [0.1, 0.15) is 0 Å². The van der Waals surface area contributed by atoms with E-state index >= 15 is 0 Å². The zero-order chi connectivity index (χ0) is 21.1. The molecule has 2 aliphatic rings. The zero-order valence-corrected chi connectivity index (χ0v) is 18.8. The van der Waals surface area contributed by atoms with Crippen molar-refractivity contribution in [2.24, 2.45) is 0 Å². The lowest BCUT2D eigenvalue weighted by molar-refractivity contribution is 0.102. The summed E-state index contributed by atoms with van der Waals surface area (Å²) in [6, 6.07) is 13.0. The van der Waals surface area contributed by atoms with Gasteiger partial charge in [0.25, 0.3) is 5.91 Å². The topological polar surface area (TPSA) is 69.7 Å². The maximum absolute atomic E-state index is 12.9. The minimum atomic E-state index is -3.27. The van der Waals surface area contributed by atoms with E-state index in [9.17, 15) is 13.2 Å². The Kier molecular flexibility index (Phi) is 6.36. The highest BCUT2D eigenvalue weighted by molar-refractivity contribution is 7.99. The highest BCUT2D eigenvalue weighted by Gasteiger charge is 2.28. The van der Waals surface area contributed by atoms with Crippen molar-refractivity contribution in [1.82, 2.24) is 4.90 Å². The van der Waals surface area contributed by atoms with Crippen LogP contribution in [0.2, 0.25) is 0 Å². The molecule has 0 unspecified atom stereocenters. The molecule has 1 N–H and O–H groups in total. The number of hydrogen-bond acceptors (Lipinski definition) is 5. The number of nitrogens with one attached hydrogen (secondary N) is 1. The van der Waals surface area contributed by atoms with Gasteiger partial charge in [-0.1, -0.05) is 18.2 Å². The number of sulfonamides is 1. The Morgan fingerprint density at radius 2 is 1.90 bits per heavy atom. The molecule has 6 nitrogen and oxygen atoms in total. The summed E-state index contributed by atoms with van der Waals surface area (Å²) in [6.07, 6.45) is 0.612. The molecule has 2 saturated heterocycles. The number of carbonyl (C=O) groups is 1. The van der Waals surface area contributed by atoms with Gasteiger partial charge in [-0.25, -0.2) is 8.42 Å². The van der Waals surface area contributed by atoms with Crippen LogP contribution in [0.5, 0.6) is 0 Å². The Morgan fingerprint density at radius 1 is 1.10 bits per heavy atom. The third-order valence-electron chi connectivity index (χ3n) is 5.56. The van der Waals surface area contributed by atoms with Gasteiger partial charge < -0.3 is 5.32 Å². The van der Waals surface area contributed by atoms with Gasteiger partial charge in [-0.05, 0) is 48.7 Å². The maximum atomic E-state index is 12.9. The Bertz CT molecular complexity index is 1030. The molecule has 30 heavy (non-hydrogen) atoms.